The first kappa shape index (κ1) is 16.9. The van der Waals surface area contributed by atoms with E-state index in [2.05, 4.69) is 5.16 Å². The third-order valence-electron chi connectivity index (χ3n) is 3.95. The molecule has 128 valence electrons. The van der Waals surface area contributed by atoms with Crippen LogP contribution >= 0.6 is 0 Å². The molecule has 0 aliphatic heterocycles. The number of aromatic nitrogens is 1. The molecule has 0 aliphatic rings. The highest BCUT2D eigenvalue weighted by atomic mass is 32.2. The summed E-state index contributed by atoms with van der Waals surface area (Å²) in [7, 11) is -4.15. The van der Waals surface area contributed by atoms with E-state index in [1.54, 1.807) is 32.0 Å². The summed E-state index contributed by atoms with van der Waals surface area (Å²) in [6.45, 7) is 3.30. The number of nitrogens with zero attached hydrogens (tertiary/aromatic N) is 2. The maximum atomic E-state index is 13.1. The maximum Gasteiger partial charge on any atom is 0.272 e. The number of hydrogen-bond acceptors (Lipinski definition) is 5. The van der Waals surface area contributed by atoms with E-state index in [0.717, 1.165) is 5.56 Å². The van der Waals surface area contributed by atoms with Crippen molar-refractivity contribution in [3.63, 3.8) is 0 Å². The number of benzene rings is 2. The van der Waals surface area contributed by atoms with Crippen molar-refractivity contribution in [2.24, 2.45) is 0 Å². The highest BCUT2D eigenvalue weighted by molar-refractivity contribution is 7.93. The number of sulfonamides is 1. The number of amides is 1. The standard InChI is InChI=1S/C18H16N2O4S/c1-13-14(2)24-19-18(13)20(12-21)25(22,23)17-11-7-6-10-16(17)15-8-4-3-5-9-15/h3-12H,1-2H3. The van der Waals surface area contributed by atoms with Gasteiger partial charge >= 0.3 is 0 Å². The lowest BCUT2D eigenvalue weighted by Gasteiger charge is -2.18. The summed E-state index contributed by atoms with van der Waals surface area (Å²) >= 11 is 0. The molecular formula is C18H16N2O4S. The molecule has 6 nitrogen and oxygen atoms in total. The van der Waals surface area contributed by atoms with Gasteiger partial charge in [-0.1, -0.05) is 53.7 Å². The lowest BCUT2D eigenvalue weighted by Crippen LogP contribution is -2.30. The number of carbonyl (C=O) groups is 1. The number of carbonyl (C=O) groups excluding carboxylic acids is 1. The van der Waals surface area contributed by atoms with E-state index in [1.165, 1.54) is 6.07 Å². The van der Waals surface area contributed by atoms with E-state index in [1.807, 2.05) is 30.3 Å². The van der Waals surface area contributed by atoms with Gasteiger partial charge in [0, 0.05) is 11.1 Å². The van der Waals surface area contributed by atoms with Crippen molar-refractivity contribution in [2.75, 3.05) is 4.31 Å². The molecule has 0 atom stereocenters. The minimum Gasteiger partial charge on any atom is -0.359 e. The van der Waals surface area contributed by atoms with E-state index in [0.29, 0.717) is 21.2 Å². The van der Waals surface area contributed by atoms with Crippen molar-refractivity contribution in [1.82, 2.24) is 5.16 Å². The van der Waals surface area contributed by atoms with Crippen LogP contribution in [0.1, 0.15) is 11.3 Å². The van der Waals surface area contributed by atoms with Crippen LogP contribution in [0.2, 0.25) is 0 Å². The molecule has 1 amide bonds. The van der Waals surface area contributed by atoms with Crippen molar-refractivity contribution < 1.29 is 17.7 Å². The number of hydrogen-bond donors (Lipinski definition) is 0. The van der Waals surface area contributed by atoms with Crippen molar-refractivity contribution in [1.29, 1.82) is 0 Å². The molecule has 0 saturated carbocycles. The van der Waals surface area contributed by atoms with E-state index in [4.69, 9.17) is 4.52 Å². The van der Waals surface area contributed by atoms with Crippen molar-refractivity contribution in [3.05, 3.63) is 65.9 Å². The molecule has 3 rings (SSSR count). The number of anilines is 1. The molecule has 25 heavy (non-hydrogen) atoms. The first-order chi connectivity index (χ1) is 12.0. The fraction of sp³-hybridized carbons (Fsp3) is 0.111. The maximum absolute atomic E-state index is 13.1. The Kier molecular flexibility index (Phi) is 4.41. The Labute approximate surface area is 145 Å². The molecule has 2 aromatic carbocycles. The first-order valence-electron chi connectivity index (χ1n) is 7.54. The van der Waals surface area contributed by atoms with Gasteiger partial charge in [0.2, 0.25) is 6.41 Å². The summed E-state index contributed by atoms with van der Waals surface area (Å²) in [5, 5.41) is 3.72. The van der Waals surface area contributed by atoms with Gasteiger partial charge < -0.3 is 4.52 Å². The molecule has 0 fully saturated rings. The molecule has 0 bridgehead atoms. The van der Waals surface area contributed by atoms with Crippen LogP contribution in [0.25, 0.3) is 11.1 Å². The molecule has 1 aromatic heterocycles. The first-order valence-corrected chi connectivity index (χ1v) is 8.98. The lowest BCUT2D eigenvalue weighted by atomic mass is 10.1. The SMILES string of the molecule is Cc1onc(N(C=O)S(=O)(=O)c2ccccc2-c2ccccc2)c1C. The van der Waals surface area contributed by atoms with E-state index in [9.17, 15) is 13.2 Å². The molecule has 0 spiro atoms. The second-order valence-corrected chi connectivity index (χ2v) is 7.24. The summed E-state index contributed by atoms with van der Waals surface area (Å²) < 4.78 is 31.9. The van der Waals surface area contributed by atoms with Crippen LogP contribution in [0.3, 0.4) is 0 Å². The van der Waals surface area contributed by atoms with Gasteiger partial charge in [-0.15, -0.1) is 0 Å². The Hall–Kier alpha value is -2.93. The van der Waals surface area contributed by atoms with E-state index >= 15 is 0 Å². The van der Waals surface area contributed by atoms with Gasteiger partial charge in [-0.25, -0.2) is 8.42 Å². The fourth-order valence-corrected chi connectivity index (χ4v) is 3.92. The highest BCUT2D eigenvalue weighted by Gasteiger charge is 2.31. The second kappa shape index (κ2) is 6.52. The molecular weight excluding hydrogens is 340 g/mol. The van der Waals surface area contributed by atoms with Crippen LogP contribution in [0.4, 0.5) is 5.82 Å². The van der Waals surface area contributed by atoms with Gasteiger partial charge in [0.15, 0.2) is 5.82 Å². The van der Waals surface area contributed by atoms with Crippen molar-refractivity contribution >= 4 is 22.3 Å². The Bertz CT molecular complexity index is 1010. The van der Waals surface area contributed by atoms with E-state index < -0.39 is 10.0 Å². The summed E-state index contributed by atoms with van der Waals surface area (Å²) in [4.78, 5) is 11.6. The average molecular weight is 356 g/mol. The number of rotatable bonds is 5. The van der Waals surface area contributed by atoms with Crippen LogP contribution in [0.15, 0.2) is 64.0 Å². The van der Waals surface area contributed by atoms with Crippen LogP contribution in [0.5, 0.6) is 0 Å². The van der Waals surface area contributed by atoms with Gasteiger partial charge in [0.1, 0.15) is 5.76 Å². The van der Waals surface area contributed by atoms with Gasteiger partial charge in [-0.2, -0.15) is 4.31 Å². The lowest BCUT2D eigenvalue weighted by molar-refractivity contribution is -0.106. The molecule has 0 aliphatic carbocycles. The quantitative estimate of drug-likeness (QED) is 0.655. The summed E-state index contributed by atoms with van der Waals surface area (Å²) in [5.41, 5.74) is 1.74. The Balaban J connectivity index is 2.18. The van der Waals surface area contributed by atoms with Crippen LogP contribution < -0.4 is 4.31 Å². The van der Waals surface area contributed by atoms with Crippen molar-refractivity contribution in [3.8, 4) is 11.1 Å². The van der Waals surface area contributed by atoms with Crippen LogP contribution in [-0.4, -0.2) is 20.0 Å². The fourth-order valence-electron chi connectivity index (χ4n) is 2.49. The monoisotopic (exact) mass is 356 g/mol. The summed E-state index contributed by atoms with van der Waals surface area (Å²) in [5.74, 6) is 0.420. The predicted octanol–water partition coefficient (Wildman–Crippen LogP) is 3.31. The molecule has 0 saturated heterocycles. The van der Waals surface area contributed by atoms with Crippen molar-refractivity contribution in [2.45, 2.75) is 18.7 Å². The molecule has 0 N–H and O–H groups in total. The Morgan fingerprint density at radius 2 is 1.64 bits per heavy atom. The topological polar surface area (TPSA) is 80.5 Å². The third kappa shape index (κ3) is 2.94. The van der Waals surface area contributed by atoms with Crippen LogP contribution in [-0.2, 0) is 14.8 Å². The van der Waals surface area contributed by atoms with E-state index in [-0.39, 0.29) is 17.1 Å². The molecule has 3 aromatic rings. The van der Waals surface area contributed by atoms with Gasteiger partial charge in [-0.05, 0) is 25.5 Å². The summed E-state index contributed by atoms with van der Waals surface area (Å²) in [6.07, 6.45) is 0.238. The minimum atomic E-state index is -4.15. The smallest absolute Gasteiger partial charge is 0.272 e. The Morgan fingerprint density at radius 3 is 2.24 bits per heavy atom. The highest BCUT2D eigenvalue weighted by Crippen LogP contribution is 2.32. The zero-order chi connectivity index (χ0) is 18.0. The average Bonchev–Trinajstić information content (AvgIpc) is 2.95. The normalized spacial score (nSPS) is 11.3. The summed E-state index contributed by atoms with van der Waals surface area (Å²) in [6, 6.07) is 15.6. The largest absolute Gasteiger partial charge is 0.359 e. The molecule has 0 radical (unpaired) electrons. The molecule has 7 heteroatoms. The van der Waals surface area contributed by atoms with Gasteiger partial charge in [0.05, 0.1) is 4.90 Å². The minimum absolute atomic E-state index is 0.0216. The zero-order valence-corrected chi connectivity index (χ0v) is 14.5. The van der Waals surface area contributed by atoms with Crippen LogP contribution in [0, 0.1) is 13.8 Å². The third-order valence-corrected chi connectivity index (χ3v) is 5.63. The predicted molar refractivity (Wildman–Crippen MR) is 93.6 cm³/mol. The zero-order valence-electron chi connectivity index (χ0n) is 13.7. The van der Waals surface area contributed by atoms with Gasteiger partial charge in [0.25, 0.3) is 10.0 Å². The number of aryl methyl sites for hydroxylation is 1. The Morgan fingerprint density at radius 1 is 1.00 bits per heavy atom. The van der Waals surface area contributed by atoms with Gasteiger partial charge in [-0.3, -0.25) is 4.79 Å². The molecule has 0 unspecified atom stereocenters. The second-order valence-electron chi connectivity index (χ2n) is 5.46. The molecule has 1 heterocycles.